The first-order valence-electron chi connectivity index (χ1n) is 25.6. The van der Waals surface area contributed by atoms with Crippen LogP contribution in [-0.4, -0.2) is 142 Å². The van der Waals surface area contributed by atoms with E-state index in [0.717, 1.165) is 51.4 Å². The second kappa shape index (κ2) is 38.6. The average Bonchev–Trinajstić information content (AvgIpc) is 3.31. The predicted molar refractivity (Wildman–Crippen MR) is 252 cm³/mol. The molecule has 0 aliphatic carbocycles. The van der Waals surface area contributed by atoms with E-state index in [0.29, 0.717) is 12.8 Å². The summed E-state index contributed by atoms with van der Waals surface area (Å²) in [4.78, 5) is 25.7. The molecule has 15 nitrogen and oxygen atoms in total. The van der Waals surface area contributed by atoms with Gasteiger partial charge in [0.15, 0.2) is 18.7 Å². The summed E-state index contributed by atoms with van der Waals surface area (Å²) in [6, 6.07) is 0. The number of rotatable bonds is 39. The zero-order valence-corrected chi connectivity index (χ0v) is 40.4. The van der Waals surface area contributed by atoms with Gasteiger partial charge in [-0.25, -0.2) is 0 Å². The van der Waals surface area contributed by atoms with Crippen molar-refractivity contribution in [3.63, 3.8) is 0 Å². The number of aliphatic hydroxyl groups is 7. The monoisotopic (exact) mass is 943 g/mol. The fraction of sp³-hybridized carbons (Fsp3) is 0.843. The third-order valence-corrected chi connectivity index (χ3v) is 12.1. The third-order valence-electron chi connectivity index (χ3n) is 12.1. The van der Waals surface area contributed by atoms with Crippen molar-refractivity contribution in [3.05, 3.63) is 36.5 Å². The molecule has 2 aliphatic heterocycles. The number of hydrogen-bond acceptors (Lipinski definition) is 15. The Morgan fingerprint density at radius 1 is 0.485 bits per heavy atom. The highest BCUT2D eigenvalue weighted by Crippen LogP contribution is 2.26. The fourth-order valence-corrected chi connectivity index (χ4v) is 7.87. The van der Waals surface area contributed by atoms with Crippen LogP contribution in [-0.2, 0) is 38.0 Å². The summed E-state index contributed by atoms with van der Waals surface area (Å²) in [6.07, 6.45) is 23.3. The topological polar surface area (TPSA) is 231 Å². The van der Waals surface area contributed by atoms with Gasteiger partial charge in [0.25, 0.3) is 0 Å². The Hall–Kier alpha value is -2.28. The molecule has 0 saturated carbocycles. The molecule has 0 spiro atoms. The van der Waals surface area contributed by atoms with Gasteiger partial charge in [0.05, 0.1) is 19.8 Å². The van der Waals surface area contributed by atoms with Gasteiger partial charge >= 0.3 is 11.9 Å². The first-order valence-corrected chi connectivity index (χ1v) is 25.6. The second-order valence-corrected chi connectivity index (χ2v) is 18.0. The Kier molecular flexibility index (Phi) is 35.0. The molecule has 66 heavy (non-hydrogen) atoms. The number of hydrogen-bond donors (Lipinski definition) is 7. The summed E-state index contributed by atoms with van der Waals surface area (Å²) in [6.45, 7) is 2.51. The molecule has 0 aromatic heterocycles. The maximum Gasteiger partial charge on any atom is 0.306 e. The lowest BCUT2D eigenvalue weighted by Crippen LogP contribution is -2.61. The Balaban J connectivity index is 1.84. The predicted octanol–water partition coefficient (Wildman–Crippen LogP) is 6.93. The van der Waals surface area contributed by atoms with Crippen LogP contribution in [0.15, 0.2) is 36.5 Å². The van der Waals surface area contributed by atoms with Crippen molar-refractivity contribution in [3.8, 4) is 0 Å². The van der Waals surface area contributed by atoms with E-state index in [1.807, 2.05) is 6.08 Å². The van der Waals surface area contributed by atoms with Crippen LogP contribution in [0, 0.1) is 0 Å². The Morgan fingerprint density at radius 3 is 1.50 bits per heavy atom. The first kappa shape index (κ1) is 59.8. The highest BCUT2D eigenvalue weighted by atomic mass is 16.7. The van der Waals surface area contributed by atoms with Gasteiger partial charge in [0.1, 0.15) is 55.4 Å². The van der Waals surface area contributed by atoms with Crippen LogP contribution in [0.3, 0.4) is 0 Å². The molecule has 4 unspecified atom stereocenters. The average molecular weight is 943 g/mol. The highest BCUT2D eigenvalue weighted by Gasteiger charge is 2.47. The van der Waals surface area contributed by atoms with Crippen molar-refractivity contribution in [2.75, 3.05) is 26.4 Å². The molecular formula is C51H90O15. The summed E-state index contributed by atoms with van der Waals surface area (Å²) >= 11 is 0. The summed E-state index contributed by atoms with van der Waals surface area (Å²) < 4.78 is 33.5. The van der Waals surface area contributed by atoms with Crippen molar-refractivity contribution in [1.29, 1.82) is 0 Å². The van der Waals surface area contributed by atoms with E-state index >= 15 is 0 Å². The minimum absolute atomic E-state index is 0.132. The number of carbonyl (C=O) groups is 2. The van der Waals surface area contributed by atoms with E-state index in [1.165, 1.54) is 89.9 Å². The van der Waals surface area contributed by atoms with Crippen LogP contribution < -0.4 is 0 Å². The van der Waals surface area contributed by atoms with Crippen molar-refractivity contribution in [1.82, 2.24) is 0 Å². The molecule has 0 aromatic carbocycles. The number of allylic oxidation sites excluding steroid dienone is 6. The normalized spacial score (nSPS) is 26.4. The molecule has 7 N–H and O–H groups in total. The van der Waals surface area contributed by atoms with Crippen molar-refractivity contribution in [2.45, 2.75) is 248 Å². The van der Waals surface area contributed by atoms with E-state index in [1.54, 1.807) is 0 Å². The van der Waals surface area contributed by atoms with Gasteiger partial charge in [-0.1, -0.05) is 153 Å². The summed E-state index contributed by atoms with van der Waals surface area (Å²) in [5.74, 6) is -0.998. The lowest BCUT2D eigenvalue weighted by atomic mass is 9.98. The zero-order chi connectivity index (χ0) is 48.2. The zero-order valence-electron chi connectivity index (χ0n) is 40.4. The fourth-order valence-electron chi connectivity index (χ4n) is 7.87. The summed E-state index contributed by atoms with van der Waals surface area (Å²) in [5, 5.41) is 72.0. The minimum Gasteiger partial charge on any atom is -0.462 e. The van der Waals surface area contributed by atoms with Gasteiger partial charge in [-0.15, -0.1) is 0 Å². The van der Waals surface area contributed by atoms with E-state index in [-0.39, 0.29) is 19.4 Å². The van der Waals surface area contributed by atoms with Crippen molar-refractivity contribution in [2.24, 2.45) is 0 Å². The van der Waals surface area contributed by atoms with Crippen LogP contribution in [0.5, 0.6) is 0 Å². The SMILES string of the molecule is CCCCCC/C=C/C=C/CCCCCCCC(=O)O[C@H](COC(=O)CC/C=C/CCCCCCCCCCCCC)CO[C@@H]1O[C@H](CO[C@@H]2O[C@H](CO)[C@H](O)C(O)C2O)[C@H](O)C(O)C1O. The molecule has 2 saturated heterocycles. The highest BCUT2D eigenvalue weighted by molar-refractivity contribution is 5.70. The van der Waals surface area contributed by atoms with Gasteiger partial charge in [0.2, 0.25) is 0 Å². The van der Waals surface area contributed by atoms with E-state index < -0.39 is 99.3 Å². The maximum atomic E-state index is 13.0. The number of ether oxygens (including phenoxy) is 6. The molecule has 0 bridgehead atoms. The number of esters is 2. The Bertz CT molecular complexity index is 1290. The van der Waals surface area contributed by atoms with Gasteiger partial charge in [-0.3, -0.25) is 9.59 Å². The van der Waals surface area contributed by atoms with Crippen LogP contribution >= 0.6 is 0 Å². The van der Waals surface area contributed by atoms with Crippen LogP contribution in [0.2, 0.25) is 0 Å². The van der Waals surface area contributed by atoms with Crippen molar-refractivity contribution >= 4 is 11.9 Å². The lowest BCUT2D eigenvalue weighted by molar-refractivity contribution is -0.332. The standard InChI is InChI=1S/C51H90O15/c1-3-5-7-9-11-13-15-17-19-21-23-25-27-29-31-33-42(53)61-36-39(64-43(54)34-32-30-28-26-24-22-20-18-16-14-12-10-8-6-4-2)37-62-50-49(60)47(58)45(56)41(66-50)38-63-51-48(59)46(57)44(55)40(35-52)65-51/h14,16,18,20,27,29,39-41,44-52,55-60H,3-13,15,17,19,21-26,28,30-38H2,1-2H3/b16-14+,20-18+,29-27+/t39-,40-,41-,44+,45+,46?,47?,48?,49?,50-,51-/m1/s1. The number of unbranched alkanes of at least 4 members (excludes halogenated alkanes) is 20. The maximum absolute atomic E-state index is 13.0. The summed E-state index contributed by atoms with van der Waals surface area (Å²) in [7, 11) is 0. The smallest absolute Gasteiger partial charge is 0.306 e. The van der Waals surface area contributed by atoms with E-state index in [4.69, 9.17) is 28.4 Å². The molecule has 2 aliphatic rings. The molecule has 15 heteroatoms. The quantitative estimate of drug-likeness (QED) is 0.0143. The van der Waals surface area contributed by atoms with Gasteiger partial charge in [-0.2, -0.15) is 0 Å². The van der Waals surface area contributed by atoms with Crippen LogP contribution in [0.4, 0.5) is 0 Å². The van der Waals surface area contributed by atoms with E-state index in [2.05, 4.69) is 44.2 Å². The molecule has 384 valence electrons. The van der Waals surface area contributed by atoms with E-state index in [9.17, 15) is 45.3 Å². The molecule has 2 heterocycles. The van der Waals surface area contributed by atoms with Gasteiger partial charge < -0.3 is 64.2 Å². The second-order valence-electron chi connectivity index (χ2n) is 18.0. The lowest BCUT2D eigenvalue weighted by Gasteiger charge is -2.42. The van der Waals surface area contributed by atoms with Crippen LogP contribution in [0.1, 0.15) is 181 Å². The first-order chi connectivity index (χ1) is 32.0. The molecule has 0 radical (unpaired) electrons. The Morgan fingerprint density at radius 2 is 0.939 bits per heavy atom. The largest absolute Gasteiger partial charge is 0.462 e. The number of carbonyl (C=O) groups excluding carboxylic acids is 2. The van der Waals surface area contributed by atoms with Crippen LogP contribution in [0.25, 0.3) is 0 Å². The molecule has 11 atom stereocenters. The van der Waals surface area contributed by atoms with Crippen molar-refractivity contribution < 1.29 is 73.8 Å². The van der Waals surface area contributed by atoms with Gasteiger partial charge in [0, 0.05) is 12.8 Å². The Labute approximate surface area is 395 Å². The van der Waals surface area contributed by atoms with Gasteiger partial charge in [-0.05, 0) is 51.4 Å². The third kappa shape index (κ3) is 26.5. The minimum atomic E-state index is -1.77. The summed E-state index contributed by atoms with van der Waals surface area (Å²) in [5.41, 5.74) is 0. The molecule has 0 aromatic rings. The number of aliphatic hydroxyl groups excluding tert-OH is 7. The molecule has 2 rings (SSSR count). The molecule has 2 fully saturated rings. The molecule has 0 amide bonds. The molecular weight excluding hydrogens is 853 g/mol.